The van der Waals surface area contributed by atoms with Crippen molar-refractivity contribution in [2.24, 2.45) is 4.99 Å². The van der Waals surface area contributed by atoms with Crippen molar-refractivity contribution in [1.29, 1.82) is 0 Å². The van der Waals surface area contributed by atoms with Crippen LogP contribution in [0.4, 0.5) is 16.2 Å². The molecule has 0 radical (unpaired) electrons. The minimum absolute atomic E-state index is 0.113. The van der Waals surface area contributed by atoms with Crippen molar-refractivity contribution in [3.63, 3.8) is 0 Å². The van der Waals surface area contributed by atoms with Gasteiger partial charge in [0, 0.05) is 71.3 Å². The van der Waals surface area contributed by atoms with Gasteiger partial charge in [0.25, 0.3) is 0 Å². The lowest BCUT2D eigenvalue weighted by Crippen LogP contribution is -2.53. The van der Waals surface area contributed by atoms with E-state index in [1.807, 2.05) is 54.5 Å². The number of aryl methyl sites for hydroxylation is 4. The van der Waals surface area contributed by atoms with Gasteiger partial charge in [0.05, 0.1) is 22.7 Å². The molecule has 2 amide bonds. The number of carbonyl (C=O) groups is 1. The van der Waals surface area contributed by atoms with Crippen LogP contribution in [-0.2, 0) is 32.6 Å². The van der Waals surface area contributed by atoms with Crippen molar-refractivity contribution in [3.05, 3.63) is 108 Å². The van der Waals surface area contributed by atoms with Crippen LogP contribution in [0.1, 0.15) is 76.6 Å². The van der Waals surface area contributed by atoms with E-state index in [4.69, 9.17) is 27.8 Å². The highest BCUT2D eigenvalue weighted by atomic mass is 28.2. The van der Waals surface area contributed by atoms with Gasteiger partial charge in [0.1, 0.15) is 0 Å². The Kier molecular flexibility index (Phi) is 19.5. The number of aromatic nitrogens is 3. The van der Waals surface area contributed by atoms with Gasteiger partial charge in [-0.15, -0.1) is 0 Å². The van der Waals surface area contributed by atoms with Crippen molar-refractivity contribution in [2.75, 3.05) is 58.0 Å². The van der Waals surface area contributed by atoms with Crippen LogP contribution >= 0.6 is 0 Å². The Labute approximate surface area is 379 Å². The van der Waals surface area contributed by atoms with Crippen molar-refractivity contribution >= 4 is 43.0 Å². The molecule has 17 nitrogen and oxygen atoms in total. The van der Waals surface area contributed by atoms with Crippen LogP contribution < -0.4 is 22.4 Å². The first-order valence-electron chi connectivity index (χ1n) is 21.8. The quantitative estimate of drug-likeness (QED) is 0.0423. The summed E-state index contributed by atoms with van der Waals surface area (Å²) in [6, 6.07) is 14.3. The molecular weight excluding hydrogens is 857 g/mol. The second kappa shape index (κ2) is 24.3. The highest BCUT2D eigenvalue weighted by Gasteiger charge is 2.37. The molecule has 19 heteroatoms. The lowest BCUT2D eigenvalue weighted by Gasteiger charge is -2.37. The van der Waals surface area contributed by atoms with E-state index in [1.165, 1.54) is 18.2 Å². The zero-order chi connectivity index (χ0) is 47.0. The summed E-state index contributed by atoms with van der Waals surface area (Å²) in [5.41, 5.74) is -1.47. The molecular formula is C45H64N6O11Si2. The number of nitrogens with one attached hydrogen (secondary N) is 1. The van der Waals surface area contributed by atoms with Gasteiger partial charge >= 0.3 is 23.1 Å². The molecule has 3 aromatic carbocycles. The predicted octanol–water partition coefficient (Wildman–Crippen LogP) is 4.65. The SMILES string of the molecule is CCO[SiH2]C(CCN(CCC(OCC)(OCC)[SiH2]OCC)C(=O)Nc1ccc(C)c(-n2c(=O)n(-c3cc(C)ccc3C)c(=O)n(-c3cc(N=C=O)ccc3C)c2=O)c1)(OCC)OCC. The predicted molar refractivity (Wildman–Crippen MR) is 252 cm³/mol. The Bertz CT molecular complexity index is 2400. The second-order valence-electron chi connectivity index (χ2n) is 15.1. The van der Waals surface area contributed by atoms with Gasteiger partial charge in [-0.3, -0.25) is 0 Å². The Hall–Kier alpha value is -5.09. The van der Waals surface area contributed by atoms with Crippen LogP contribution in [0.3, 0.4) is 0 Å². The summed E-state index contributed by atoms with van der Waals surface area (Å²) in [6.07, 6.45) is 2.13. The number of carbonyl (C=O) groups excluding carboxylic acids is 2. The van der Waals surface area contributed by atoms with Crippen LogP contribution in [0.5, 0.6) is 0 Å². The molecule has 1 heterocycles. The van der Waals surface area contributed by atoms with Crippen molar-refractivity contribution < 1.29 is 37.4 Å². The van der Waals surface area contributed by atoms with Crippen LogP contribution in [0.15, 0.2) is 74.0 Å². The van der Waals surface area contributed by atoms with E-state index in [-0.39, 0.29) is 41.5 Å². The monoisotopic (exact) mass is 920 g/mol. The molecule has 0 aliphatic rings. The van der Waals surface area contributed by atoms with Crippen molar-refractivity contribution in [2.45, 2.75) is 92.9 Å². The van der Waals surface area contributed by atoms with E-state index in [1.54, 1.807) is 62.1 Å². The minimum Gasteiger partial charge on any atom is -0.418 e. The third-order valence-electron chi connectivity index (χ3n) is 10.6. The molecule has 0 aliphatic heterocycles. The van der Waals surface area contributed by atoms with Gasteiger partial charge < -0.3 is 38.0 Å². The number of anilines is 1. The number of amides is 2. The number of hydrogen-bond acceptors (Lipinski definition) is 12. The molecule has 1 aromatic heterocycles. The second-order valence-corrected chi connectivity index (χ2v) is 18.6. The molecule has 64 heavy (non-hydrogen) atoms. The molecule has 0 spiro atoms. The maximum absolute atomic E-state index is 14.7. The number of isocyanates is 1. The van der Waals surface area contributed by atoms with Gasteiger partial charge in [-0.05, 0) is 122 Å². The maximum atomic E-state index is 14.7. The summed E-state index contributed by atoms with van der Waals surface area (Å²) in [4.78, 5) is 75.1. The lowest BCUT2D eigenvalue weighted by molar-refractivity contribution is -0.191. The zero-order valence-electron chi connectivity index (χ0n) is 38.9. The fraction of sp³-hybridized carbons (Fsp3) is 0.489. The van der Waals surface area contributed by atoms with Gasteiger partial charge in [0.2, 0.25) is 25.6 Å². The van der Waals surface area contributed by atoms with Crippen LogP contribution in [0, 0.1) is 27.7 Å². The van der Waals surface area contributed by atoms with E-state index in [0.717, 1.165) is 19.3 Å². The maximum Gasteiger partial charge on any atom is 0.345 e. The fourth-order valence-corrected chi connectivity index (χ4v) is 10.2. The van der Waals surface area contributed by atoms with Gasteiger partial charge in [0.15, 0.2) is 10.8 Å². The highest BCUT2D eigenvalue weighted by molar-refractivity contribution is 6.31. The Morgan fingerprint density at radius 1 is 0.625 bits per heavy atom. The standard InChI is InChI=1S/C45H64N6O11Si2/c1-11-57-44(58-12-2,63-61-15-5)23-25-48(26-24-45(59-13-3,60-14-4)64-62-16-6)40(53)47-36-22-20-34(10)39(29-36)51-42(55)49(37-27-31(7)17-18-32(37)8)41(54)50(43(51)56)38-28-35(46-30-52)21-19-33(38)9/h17-22,27-29H,11-16,23-26,63-64H2,1-10H3,(H,47,53). The van der Waals surface area contributed by atoms with Crippen LogP contribution in [0.25, 0.3) is 17.1 Å². The molecule has 0 aliphatic carbocycles. The number of hydrogen-bond donors (Lipinski definition) is 1. The van der Waals surface area contributed by atoms with Crippen LogP contribution in [-0.4, -0.2) is 114 Å². The van der Waals surface area contributed by atoms with Gasteiger partial charge in [-0.1, -0.05) is 24.3 Å². The van der Waals surface area contributed by atoms with Crippen molar-refractivity contribution in [3.8, 4) is 17.1 Å². The average Bonchev–Trinajstić information content (AvgIpc) is 3.26. The zero-order valence-corrected chi connectivity index (χ0v) is 41.7. The van der Waals surface area contributed by atoms with Crippen molar-refractivity contribution in [1.82, 2.24) is 18.6 Å². The van der Waals surface area contributed by atoms with E-state index < -0.39 is 53.4 Å². The summed E-state index contributed by atoms with van der Waals surface area (Å²) in [5, 5.41) is 3.00. The van der Waals surface area contributed by atoms with Crippen LogP contribution in [0.2, 0.25) is 0 Å². The Balaban J connectivity index is 1.90. The molecule has 0 unspecified atom stereocenters. The third-order valence-corrected chi connectivity index (χ3v) is 14.2. The summed E-state index contributed by atoms with van der Waals surface area (Å²) in [5.74, 6) is 0. The molecule has 0 fully saturated rings. The number of benzene rings is 3. The smallest absolute Gasteiger partial charge is 0.345 e. The first kappa shape index (κ1) is 51.5. The highest BCUT2D eigenvalue weighted by Crippen LogP contribution is 2.25. The lowest BCUT2D eigenvalue weighted by atomic mass is 10.1. The van der Waals surface area contributed by atoms with E-state index in [0.29, 0.717) is 69.2 Å². The van der Waals surface area contributed by atoms with E-state index >= 15 is 0 Å². The van der Waals surface area contributed by atoms with E-state index in [9.17, 15) is 24.0 Å². The summed E-state index contributed by atoms with van der Waals surface area (Å²) in [7, 11) is -2.76. The molecule has 4 aromatic rings. The van der Waals surface area contributed by atoms with Gasteiger partial charge in [-0.25, -0.2) is 37.7 Å². The summed E-state index contributed by atoms with van der Waals surface area (Å²) in [6.45, 7) is 21.3. The third kappa shape index (κ3) is 12.6. The fourth-order valence-electron chi connectivity index (χ4n) is 7.39. The largest absolute Gasteiger partial charge is 0.418 e. The molecule has 4 rings (SSSR count). The van der Waals surface area contributed by atoms with Gasteiger partial charge in [-0.2, -0.15) is 4.99 Å². The first-order chi connectivity index (χ1) is 30.7. The molecule has 0 bridgehead atoms. The Morgan fingerprint density at radius 2 is 1.05 bits per heavy atom. The molecule has 0 atom stereocenters. The number of rotatable bonds is 25. The molecule has 348 valence electrons. The molecule has 0 saturated heterocycles. The topological polar surface area (TPSA) is 183 Å². The summed E-state index contributed by atoms with van der Waals surface area (Å²) < 4.78 is 39.5. The summed E-state index contributed by atoms with van der Waals surface area (Å²) >= 11 is 0. The number of ether oxygens (including phenoxy) is 4. The Morgan fingerprint density at radius 3 is 1.48 bits per heavy atom. The molecule has 1 N–H and O–H groups in total. The number of nitrogens with zero attached hydrogens (tertiary/aromatic N) is 5. The normalized spacial score (nSPS) is 12.1. The molecule has 0 saturated carbocycles. The first-order valence-corrected chi connectivity index (χ1v) is 24.4. The minimum atomic E-state index is -1.38. The van der Waals surface area contributed by atoms with E-state index in [2.05, 4.69) is 10.3 Å². The number of aliphatic imine (C=N–C) groups is 1. The average molecular weight is 921 g/mol. The number of urea groups is 1.